The second kappa shape index (κ2) is 9.51. The molecule has 26 heavy (non-hydrogen) atoms. The number of rotatable bonds is 6. The van der Waals surface area contributed by atoms with Gasteiger partial charge in [0.25, 0.3) is 5.91 Å². The molecule has 5 nitrogen and oxygen atoms in total. The molecule has 1 aromatic heterocycles. The molecule has 3 rings (SSSR count). The smallest absolute Gasteiger partial charge is 0.254 e. The largest absolute Gasteiger partial charge is 0.356 e. The first-order chi connectivity index (χ1) is 12.6. The summed E-state index contributed by atoms with van der Waals surface area (Å²) in [5.41, 5.74) is 0.768. The van der Waals surface area contributed by atoms with Gasteiger partial charge in [-0.15, -0.1) is 0 Å². The zero-order valence-corrected chi connectivity index (χ0v) is 16.6. The standard InChI is InChI=1S/C20H31N3O2S/c1-16-5-2-3-10-22(16)11-4-9-21-19(24)17-6-12-23(13-7-17)20(25)18-8-14-26-15-18/h8,14-17H,2-7,9-13H2,1H3,(H,21,24). The number of likely N-dealkylation sites (tertiary alicyclic amines) is 2. The highest BCUT2D eigenvalue weighted by Gasteiger charge is 2.27. The summed E-state index contributed by atoms with van der Waals surface area (Å²) in [6, 6.07) is 2.55. The van der Waals surface area contributed by atoms with Crippen molar-refractivity contribution >= 4 is 23.2 Å². The van der Waals surface area contributed by atoms with E-state index >= 15 is 0 Å². The van der Waals surface area contributed by atoms with Gasteiger partial charge in [-0.1, -0.05) is 6.42 Å². The van der Waals surface area contributed by atoms with Crippen molar-refractivity contribution in [2.75, 3.05) is 32.7 Å². The number of amides is 2. The van der Waals surface area contributed by atoms with Crippen LogP contribution in [0.1, 0.15) is 55.8 Å². The molecule has 0 radical (unpaired) electrons. The summed E-state index contributed by atoms with van der Waals surface area (Å²) in [5.74, 6) is 0.315. The van der Waals surface area contributed by atoms with Crippen LogP contribution >= 0.6 is 11.3 Å². The van der Waals surface area contributed by atoms with Crippen molar-refractivity contribution in [3.05, 3.63) is 22.4 Å². The van der Waals surface area contributed by atoms with Crippen molar-refractivity contribution in [1.82, 2.24) is 15.1 Å². The Morgan fingerprint density at radius 3 is 2.69 bits per heavy atom. The predicted octanol–water partition coefficient (Wildman–Crippen LogP) is 2.98. The number of carbonyl (C=O) groups excluding carboxylic acids is 2. The average molecular weight is 378 g/mol. The van der Waals surface area contributed by atoms with Gasteiger partial charge in [0.1, 0.15) is 0 Å². The van der Waals surface area contributed by atoms with Crippen LogP contribution in [0.15, 0.2) is 16.8 Å². The summed E-state index contributed by atoms with van der Waals surface area (Å²) in [5, 5.41) is 6.93. The highest BCUT2D eigenvalue weighted by atomic mass is 32.1. The van der Waals surface area contributed by atoms with Gasteiger partial charge in [0.15, 0.2) is 0 Å². The Labute approximate surface area is 160 Å². The quantitative estimate of drug-likeness (QED) is 0.776. The molecule has 2 aliphatic rings. The molecule has 0 aromatic carbocycles. The van der Waals surface area contributed by atoms with Crippen molar-refractivity contribution in [2.24, 2.45) is 5.92 Å². The van der Waals surface area contributed by atoms with Gasteiger partial charge in [0, 0.05) is 43.5 Å². The molecule has 1 unspecified atom stereocenters. The van der Waals surface area contributed by atoms with Crippen LogP contribution in [0.25, 0.3) is 0 Å². The van der Waals surface area contributed by atoms with Crippen LogP contribution in [0.4, 0.5) is 0 Å². The Hall–Kier alpha value is -1.40. The molecule has 0 bridgehead atoms. The molecule has 144 valence electrons. The van der Waals surface area contributed by atoms with E-state index in [1.165, 1.54) is 25.8 Å². The maximum absolute atomic E-state index is 12.4. The molecule has 2 amide bonds. The van der Waals surface area contributed by atoms with E-state index in [4.69, 9.17) is 0 Å². The summed E-state index contributed by atoms with van der Waals surface area (Å²) < 4.78 is 0. The number of thiophene rings is 1. The lowest BCUT2D eigenvalue weighted by Gasteiger charge is -2.33. The minimum Gasteiger partial charge on any atom is -0.356 e. The van der Waals surface area contributed by atoms with Crippen molar-refractivity contribution < 1.29 is 9.59 Å². The van der Waals surface area contributed by atoms with Crippen molar-refractivity contribution in [1.29, 1.82) is 0 Å². The SMILES string of the molecule is CC1CCCCN1CCCNC(=O)C1CCN(C(=O)c2ccsc2)CC1. The van der Waals surface area contributed by atoms with Gasteiger partial charge in [-0.25, -0.2) is 0 Å². The summed E-state index contributed by atoms with van der Waals surface area (Å²) in [6.45, 7) is 6.70. The van der Waals surface area contributed by atoms with E-state index in [0.717, 1.165) is 37.9 Å². The Morgan fingerprint density at radius 2 is 2.00 bits per heavy atom. The first-order valence-corrected chi connectivity index (χ1v) is 10.9. The molecule has 6 heteroatoms. The van der Waals surface area contributed by atoms with Crippen LogP contribution in [0, 0.1) is 5.92 Å². The third kappa shape index (κ3) is 5.07. The summed E-state index contributed by atoms with van der Waals surface area (Å²) in [4.78, 5) is 29.2. The van der Waals surface area contributed by atoms with Gasteiger partial charge in [-0.3, -0.25) is 9.59 Å². The van der Waals surface area contributed by atoms with E-state index in [-0.39, 0.29) is 17.7 Å². The van der Waals surface area contributed by atoms with Crippen LogP contribution < -0.4 is 5.32 Å². The molecule has 1 aromatic rings. The topological polar surface area (TPSA) is 52.7 Å². The summed E-state index contributed by atoms with van der Waals surface area (Å²) in [7, 11) is 0. The van der Waals surface area contributed by atoms with Crippen molar-refractivity contribution in [2.45, 2.75) is 51.5 Å². The van der Waals surface area contributed by atoms with Gasteiger partial charge < -0.3 is 15.1 Å². The Morgan fingerprint density at radius 1 is 1.19 bits per heavy atom. The second-order valence-electron chi connectivity index (χ2n) is 7.60. The Kier molecular flexibility index (Phi) is 7.08. The molecular weight excluding hydrogens is 346 g/mol. The molecular formula is C20H31N3O2S. The summed E-state index contributed by atoms with van der Waals surface area (Å²) >= 11 is 1.54. The Bertz CT molecular complexity index is 582. The first kappa shape index (κ1) is 19.4. The van der Waals surface area contributed by atoms with Gasteiger partial charge in [0.2, 0.25) is 5.91 Å². The number of hydrogen-bond donors (Lipinski definition) is 1. The number of nitrogens with one attached hydrogen (secondary N) is 1. The van der Waals surface area contributed by atoms with Crippen molar-refractivity contribution in [3.63, 3.8) is 0 Å². The second-order valence-corrected chi connectivity index (χ2v) is 8.38. The van der Waals surface area contributed by atoms with E-state index in [2.05, 4.69) is 17.1 Å². The normalized spacial score (nSPS) is 22.3. The van der Waals surface area contributed by atoms with E-state index in [1.54, 1.807) is 11.3 Å². The zero-order chi connectivity index (χ0) is 18.4. The van der Waals surface area contributed by atoms with Crippen LogP contribution in [0.2, 0.25) is 0 Å². The number of carbonyl (C=O) groups is 2. The van der Waals surface area contributed by atoms with Gasteiger partial charge in [-0.05, 0) is 57.0 Å². The van der Waals surface area contributed by atoms with E-state index in [9.17, 15) is 9.59 Å². The molecule has 2 aliphatic heterocycles. The number of hydrogen-bond acceptors (Lipinski definition) is 4. The fraction of sp³-hybridized carbons (Fsp3) is 0.700. The van der Waals surface area contributed by atoms with E-state index in [0.29, 0.717) is 19.1 Å². The third-order valence-corrected chi connectivity index (χ3v) is 6.47. The fourth-order valence-electron chi connectivity index (χ4n) is 4.04. The molecule has 0 aliphatic carbocycles. The Balaban J connectivity index is 1.33. The molecule has 0 saturated carbocycles. The highest BCUT2D eigenvalue weighted by Crippen LogP contribution is 2.20. The predicted molar refractivity (Wildman–Crippen MR) is 105 cm³/mol. The number of nitrogens with zero attached hydrogens (tertiary/aromatic N) is 2. The molecule has 2 saturated heterocycles. The molecule has 2 fully saturated rings. The lowest BCUT2D eigenvalue weighted by Crippen LogP contribution is -2.43. The minimum atomic E-state index is 0.0513. The van der Waals surface area contributed by atoms with Crippen molar-refractivity contribution in [3.8, 4) is 0 Å². The molecule has 1 N–H and O–H groups in total. The monoisotopic (exact) mass is 377 g/mol. The van der Waals surface area contributed by atoms with Gasteiger partial charge >= 0.3 is 0 Å². The van der Waals surface area contributed by atoms with Crippen LogP contribution in [0.3, 0.4) is 0 Å². The fourth-order valence-corrected chi connectivity index (χ4v) is 4.67. The van der Waals surface area contributed by atoms with Crippen LogP contribution in [-0.4, -0.2) is 60.4 Å². The van der Waals surface area contributed by atoms with Gasteiger partial charge in [0.05, 0.1) is 5.56 Å². The average Bonchev–Trinajstić information content (AvgIpc) is 3.20. The zero-order valence-electron chi connectivity index (χ0n) is 15.8. The van der Waals surface area contributed by atoms with E-state index in [1.807, 2.05) is 21.7 Å². The lowest BCUT2D eigenvalue weighted by molar-refractivity contribution is -0.126. The van der Waals surface area contributed by atoms with E-state index < -0.39 is 0 Å². The number of piperidine rings is 2. The molecule has 1 atom stereocenters. The minimum absolute atomic E-state index is 0.0513. The van der Waals surface area contributed by atoms with Crippen LogP contribution in [-0.2, 0) is 4.79 Å². The maximum Gasteiger partial charge on any atom is 0.254 e. The third-order valence-electron chi connectivity index (χ3n) is 5.78. The molecule has 0 spiro atoms. The maximum atomic E-state index is 12.4. The lowest BCUT2D eigenvalue weighted by atomic mass is 9.95. The van der Waals surface area contributed by atoms with Crippen LogP contribution in [0.5, 0.6) is 0 Å². The van der Waals surface area contributed by atoms with Gasteiger partial charge in [-0.2, -0.15) is 11.3 Å². The molecule has 3 heterocycles. The summed E-state index contributed by atoms with van der Waals surface area (Å²) in [6.07, 6.45) is 6.51. The first-order valence-electron chi connectivity index (χ1n) is 9.98. The highest BCUT2D eigenvalue weighted by molar-refractivity contribution is 7.08.